The highest BCUT2D eigenvalue weighted by molar-refractivity contribution is 5.92. The average molecular weight is 324 g/mol. The van der Waals surface area contributed by atoms with Crippen molar-refractivity contribution in [1.82, 2.24) is 10.2 Å². The van der Waals surface area contributed by atoms with Crippen LogP contribution in [0.15, 0.2) is 24.3 Å². The van der Waals surface area contributed by atoms with Crippen LogP contribution in [-0.2, 0) is 11.2 Å². The van der Waals surface area contributed by atoms with Gasteiger partial charge in [-0.25, -0.2) is 0 Å². The molecule has 2 heterocycles. The molecule has 0 aromatic heterocycles. The minimum atomic E-state index is 0. The molecule has 0 aliphatic carbocycles. The monoisotopic (exact) mass is 323 g/mol. The van der Waals surface area contributed by atoms with E-state index in [1.54, 1.807) is 0 Å². The van der Waals surface area contributed by atoms with Gasteiger partial charge in [0.2, 0.25) is 5.91 Å². The summed E-state index contributed by atoms with van der Waals surface area (Å²) in [5.74, 6) is 0.103. The maximum absolute atomic E-state index is 12.2. The fourth-order valence-electron chi connectivity index (χ4n) is 3.58. The van der Waals surface area contributed by atoms with Gasteiger partial charge < -0.3 is 10.6 Å². The van der Waals surface area contributed by atoms with Crippen molar-refractivity contribution in [2.24, 2.45) is 5.41 Å². The van der Waals surface area contributed by atoms with E-state index in [0.717, 1.165) is 38.3 Å². The van der Waals surface area contributed by atoms with Crippen molar-refractivity contribution in [2.75, 3.05) is 38.0 Å². The number of aryl methyl sites for hydroxylation is 1. The number of carbonyl (C=O) groups is 1. The van der Waals surface area contributed by atoms with Gasteiger partial charge in [0.15, 0.2) is 0 Å². The summed E-state index contributed by atoms with van der Waals surface area (Å²) >= 11 is 0. The van der Waals surface area contributed by atoms with Crippen molar-refractivity contribution in [1.29, 1.82) is 0 Å². The number of hydrogen-bond donors (Lipinski definition) is 2. The van der Waals surface area contributed by atoms with Crippen molar-refractivity contribution >= 4 is 24.0 Å². The van der Waals surface area contributed by atoms with E-state index in [0.29, 0.717) is 12.0 Å². The molecule has 0 radical (unpaired) electrons. The Hall–Kier alpha value is -1.10. The number of likely N-dealkylation sites (tertiary alicyclic amines) is 1. The molecule has 1 spiro atoms. The molecule has 2 aliphatic heterocycles. The minimum Gasteiger partial charge on any atom is -0.325 e. The van der Waals surface area contributed by atoms with E-state index in [9.17, 15) is 4.79 Å². The maximum Gasteiger partial charge on any atom is 0.238 e. The van der Waals surface area contributed by atoms with E-state index >= 15 is 0 Å². The molecule has 1 amide bonds. The lowest BCUT2D eigenvalue weighted by Crippen LogP contribution is -2.34. The van der Waals surface area contributed by atoms with Crippen LogP contribution in [0.5, 0.6) is 0 Å². The van der Waals surface area contributed by atoms with Crippen molar-refractivity contribution in [2.45, 2.75) is 26.2 Å². The third-order valence-corrected chi connectivity index (χ3v) is 4.84. The number of nitrogens with zero attached hydrogens (tertiary/aromatic N) is 1. The van der Waals surface area contributed by atoms with E-state index in [2.05, 4.69) is 34.6 Å². The molecule has 122 valence electrons. The number of amides is 1. The molecule has 2 aliphatic rings. The van der Waals surface area contributed by atoms with Crippen LogP contribution < -0.4 is 10.6 Å². The highest BCUT2D eigenvalue weighted by Gasteiger charge is 2.40. The topological polar surface area (TPSA) is 44.4 Å². The van der Waals surface area contributed by atoms with Crippen molar-refractivity contribution in [3.8, 4) is 0 Å². The fraction of sp³-hybridized carbons (Fsp3) is 0.588. The Morgan fingerprint density at radius 2 is 2.27 bits per heavy atom. The van der Waals surface area contributed by atoms with E-state index < -0.39 is 0 Å². The lowest BCUT2D eigenvalue weighted by atomic mass is 9.87. The number of carbonyl (C=O) groups excluding carboxylic acids is 1. The first-order chi connectivity index (χ1) is 10.2. The second-order valence-corrected chi connectivity index (χ2v) is 6.49. The number of benzene rings is 1. The third kappa shape index (κ3) is 4.00. The molecule has 22 heavy (non-hydrogen) atoms. The number of anilines is 1. The highest BCUT2D eigenvalue weighted by Crippen LogP contribution is 2.35. The first-order valence-corrected chi connectivity index (χ1v) is 8.01. The molecule has 0 bridgehead atoms. The maximum atomic E-state index is 12.2. The Labute approximate surface area is 139 Å². The van der Waals surface area contributed by atoms with E-state index in [-0.39, 0.29) is 18.3 Å². The minimum absolute atomic E-state index is 0. The Bertz CT molecular complexity index is 514. The van der Waals surface area contributed by atoms with Gasteiger partial charge in [0, 0.05) is 18.8 Å². The molecule has 1 unspecified atom stereocenters. The molecular formula is C17H26ClN3O. The average Bonchev–Trinajstić information content (AvgIpc) is 3.09. The van der Waals surface area contributed by atoms with Gasteiger partial charge in [0.1, 0.15) is 0 Å². The SMILES string of the molecule is CCc1cccc(NC(=O)CN2CCC3(CCNC3)C2)c1.Cl. The van der Waals surface area contributed by atoms with Gasteiger partial charge in [-0.3, -0.25) is 9.69 Å². The van der Waals surface area contributed by atoms with Crippen LogP contribution in [-0.4, -0.2) is 43.5 Å². The second kappa shape index (κ2) is 7.44. The number of hydrogen-bond acceptors (Lipinski definition) is 3. The zero-order chi connectivity index (χ0) is 14.7. The first-order valence-electron chi connectivity index (χ1n) is 8.01. The Balaban J connectivity index is 0.00000176. The van der Waals surface area contributed by atoms with Crippen LogP contribution in [0.2, 0.25) is 0 Å². The zero-order valence-electron chi connectivity index (χ0n) is 13.2. The summed E-state index contributed by atoms with van der Waals surface area (Å²) < 4.78 is 0. The largest absolute Gasteiger partial charge is 0.325 e. The van der Waals surface area contributed by atoms with Crippen LogP contribution in [0.4, 0.5) is 5.69 Å². The zero-order valence-corrected chi connectivity index (χ0v) is 14.0. The summed E-state index contributed by atoms with van der Waals surface area (Å²) in [6.45, 7) is 6.98. The van der Waals surface area contributed by atoms with Gasteiger partial charge in [-0.05, 0) is 55.5 Å². The van der Waals surface area contributed by atoms with Crippen LogP contribution in [0.25, 0.3) is 0 Å². The van der Waals surface area contributed by atoms with Crippen molar-refractivity contribution < 1.29 is 4.79 Å². The normalized spacial score (nSPS) is 24.4. The summed E-state index contributed by atoms with van der Waals surface area (Å²) in [5.41, 5.74) is 2.60. The van der Waals surface area contributed by atoms with Crippen molar-refractivity contribution in [3.63, 3.8) is 0 Å². The van der Waals surface area contributed by atoms with E-state index in [4.69, 9.17) is 0 Å². The quantitative estimate of drug-likeness (QED) is 0.893. The van der Waals surface area contributed by atoms with Crippen LogP contribution in [0.1, 0.15) is 25.3 Å². The Kier molecular flexibility index (Phi) is 5.84. The van der Waals surface area contributed by atoms with Crippen molar-refractivity contribution in [3.05, 3.63) is 29.8 Å². The molecule has 0 saturated carbocycles. The molecule has 1 atom stereocenters. The molecule has 4 nitrogen and oxygen atoms in total. The van der Waals surface area contributed by atoms with Gasteiger partial charge >= 0.3 is 0 Å². The molecule has 3 rings (SSSR count). The summed E-state index contributed by atoms with van der Waals surface area (Å²) in [5, 5.41) is 6.48. The molecule has 1 aromatic carbocycles. The molecule has 5 heteroatoms. The molecule has 1 aromatic rings. The predicted molar refractivity (Wildman–Crippen MR) is 92.7 cm³/mol. The van der Waals surface area contributed by atoms with E-state index in [1.165, 1.54) is 18.4 Å². The number of rotatable bonds is 4. The summed E-state index contributed by atoms with van der Waals surface area (Å²) in [7, 11) is 0. The molecule has 2 N–H and O–H groups in total. The predicted octanol–water partition coefficient (Wildman–Crippen LogP) is 2.29. The highest BCUT2D eigenvalue weighted by atomic mass is 35.5. The second-order valence-electron chi connectivity index (χ2n) is 6.49. The summed E-state index contributed by atoms with van der Waals surface area (Å²) in [6.07, 6.45) is 3.47. The number of nitrogens with one attached hydrogen (secondary N) is 2. The smallest absolute Gasteiger partial charge is 0.238 e. The standard InChI is InChI=1S/C17H25N3O.ClH/c1-2-14-4-3-5-15(10-14)19-16(21)11-20-9-7-17(13-20)6-8-18-12-17;/h3-5,10,18H,2,6-9,11-13H2,1H3,(H,19,21);1H. The lowest BCUT2D eigenvalue weighted by Gasteiger charge is -2.22. The Morgan fingerprint density at radius 3 is 3.00 bits per heavy atom. The first kappa shape index (κ1) is 17.3. The molecule has 2 fully saturated rings. The van der Waals surface area contributed by atoms with Gasteiger partial charge in [-0.2, -0.15) is 0 Å². The third-order valence-electron chi connectivity index (χ3n) is 4.84. The van der Waals surface area contributed by atoms with Gasteiger partial charge in [-0.1, -0.05) is 19.1 Å². The van der Waals surface area contributed by atoms with E-state index in [1.807, 2.05) is 12.1 Å². The van der Waals surface area contributed by atoms with Gasteiger partial charge in [-0.15, -0.1) is 12.4 Å². The molecular weight excluding hydrogens is 298 g/mol. The number of halogens is 1. The molecule has 2 saturated heterocycles. The van der Waals surface area contributed by atoms with Crippen LogP contribution in [0, 0.1) is 5.41 Å². The lowest BCUT2D eigenvalue weighted by molar-refractivity contribution is -0.117. The van der Waals surface area contributed by atoms with Crippen LogP contribution in [0.3, 0.4) is 0 Å². The summed E-state index contributed by atoms with van der Waals surface area (Å²) in [6, 6.07) is 8.12. The van der Waals surface area contributed by atoms with Gasteiger partial charge in [0.05, 0.1) is 6.54 Å². The fourth-order valence-corrected chi connectivity index (χ4v) is 3.58. The van der Waals surface area contributed by atoms with Crippen LogP contribution >= 0.6 is 12.4 Å². The Morgan fingerprint density at radius 1 is 1.41 bits per heavy atom. The van der Waals surface area contributed by atoms with Gasteiger partial charge in [0.25, 0.3) is 0 Å². The summed E-state index contributed by atoms with van der Waals surface area (Å²) in [4.78, 5) is 14.5.